The van der Waals surface area contributed by atoms with Crippen molar-refractivity contribution >= 4 is 54.5 Å². The minimum atomic E-state index is 0.651. The maximum atomic E-state index is 6.44. The quantitative estimate of drug-likeness (QED) is 0.200. The Balaban J connectivity index is 1.28. The van der Waals surface area contributed by atoms with Gasteiger partial charge in [-0.3, -0.25) is 4.57 Å². The molecule has 3 aromatic heterocycles. The molecule has 0 radical (unpaired) electrons. The van der Waals surface area contributed by atoms with Crippen LogP contribution >= 0.6 is 0 Å². The average molecular weight is 612 g/mol. The zero-order valence-corrected chi connectivity index (χ0v) is 25.7. The molecule has 0 spiro atoms. The van der Waals surface area contributed by atoms with Crippen LogP contribution in [0, 0.1) is 0 Å². The molecule has 0 unspecified atom stereocenters. The second-order valence-corrected chi connectivity index (χ2v) is 12.6. The fourth-order valence-corrected chi connectivity index (χ4v) is 7.86. The summed E-state index contributed by atoms with van der Waals surface area (Å²) in [5.41, 5.74) is 12.6. The number of aromatic nitrogens is 3. The molecule has 48 heavy (non-hydrogen) atoms. The lowest BCUT2D eigenvalue weighted by molar-refractivity contribution is 0.669. The van der Waals surface area contributed by atoms with Gasteiger partial charge in [0.15, 0.2) is 0 Å². The van der Waals surface area contributed by atoms with E-state index in [0.717, 1.165) is 55.5 Å². The van der Waals surface area contributed by atoms with E-state index >= 15 is 0 Å². The minimum absolute atomic E-state index is 0.651. The van der Waals surface area contributed by atoms with Gasteiger partial charge in [-0.05, 0) is 69.4 Å². The zero-order chi connectivity index (χ0) is 31.3. The van der Waals surface area contributed by atoms with Crippen LogP contribution in [0.4, 0.5) is 0 Å². The molecule has 10 aromatic rings. The molecular weight excluding hydrogens is 587 g/mol. The highest BCUT2D eigenvalue weighted by molar-refractivity contribution is 6.31. The van der Waals surface area contributed by atoms with Gasteiger partial charge >= 0.3 is 0 Å². The number of furan rings is 1. The molecule has 0 amide bonds. The largest absolute Gasteiger partial charge is 0.456 e. The van der Waals surface area contributed by atoms with E-state index < -0.39 is 0 Å². The third-order valence-electron chi connectivity index (χ3n) is 9.95. The number of fused-ring (bicyclic) bond motifs is 6. The number of hydrogen-bond donors (Lipinski definition) is 0. The fourth-order valence-electron chi connectivity index (χ4n) is 7.86. The Labute approximate surface area is 275 Å². The van der Waals surface area contributed by atoms with Crippen molar-refractivity contribution in [1.29, 1.82) is 0 Å². The maximum Gasteiger partial charge on any atom is 0.235 e. The van der Waals surface area contributed by atoms with Crippen molar-refractivity contribution in [1.82, 2.24) is 14.5 Å². The molecule has 7 aromatic carbocycles. The Kier molecular flexibility index (Phi) is 5.08. The van der Waals surface area contributed by atoms with Crippen molar-refractivity contribution in [2.75, 3.05) is 0 Å². The standard InChI is InChI=1S/C44H25N3O/c1-3-11-26(12-4-1)35-25-36(27-13-5-2-6-14-27)46-44(45-35)47-37-19-10-18-31-33-24-40-34(29-16-7-8-20-39(29)48-40)23-32(33)30-17-9-15-28-21-22-38(47)43(41(28)30)42(31)37/h1-25H. The molecule has 4 nitrogen and oxygen atoms in total. The molecule has 0 saturated heterocycles. The molecule has 222 valence electrons. The van der Waals surface area contributed by atoms with Gasteiger partial charge in [0.25, 0.3) is 0 Å². The smallest absolute Gasteiger partial charge is 0.235 e. The van der Waals surface area contributed by atoms with Crippen molar-refractivity contribution in [3.8, 4) is 50.7 Å². The highest BCUT2D eigenvalue weighted by atomic mass is 16.3. The van der Waals surface area contributed by atoms with Crippen LogP contribution in [0.2, 0.25) is 0 Å². The van der Waals surface area contributed by atoms with Crippen LogP contribution in [0.5, 0.6) is 0 Å². The van der Waals surface area contributed by atoms with Gasteiger partial charge in [0.1, 0.15) is 11.2 Å². The molecule has 3 heterocycles. The number of nitrogens with zero attached hydrogens (tertiary/aromatic N) is 3. The Morgan fingerprint density at radius 1 is 0.417 bits per heavy atom. The van der Waals surface area contributed by atoms with Crippen molar-refractivity contribution in [2.45, 2.75) is 0 Å². The fraction of sp³-hybridized carbons (Fsp3) is 0. The lowest BCUT2D eigenvalue weighted by atomic mass is 9.92. The van der Waals surface area contributed by atoms with Crippen molar-refractivity contribution in [3.63, 3.8) is 0 Å². The van der Waals surface area contributed by atoms with E-state index in [1.54, 1.807) is 0 Å². The Morgan fingerprint density at radius 3 is 1.83 bits per heavy atom. The van der Waals surface area contributed by atoms with Gasteiger partial charge in [0.2, 0.25) is 5.95 Å². The Morgan fingerprint density at radius 2 is 1.06 bits per heavy atom. The second-order valence-electron chi connectivity index (χ2n) is 12.6. The first-order chi connectivity index (χ1) is 23.8. The first-order valence-electron chi connectivity index (χ1n) is 16.3. The summed E-state index contributed by atoms with van der Waals surface area (Å²) in [6.45, 7) is 0. The van der Waals surface area contributed by atoms with Crippen LogP contribution in [0.3, 0.4) is 0 Å². The molecule has 0 bridgehead atoms. The highest BCUT2D eigenvalue weighted by Crippen LogP contribution is 2.51. The first kappa shape index (κ1) is 25.6. The Bertz CT molecular complexity index is 2880. The van der Waals surface area contributed by atoms with E-state index in [1.807, 2.05) is 24.3 Å². The topological polar surface area (TPSA) is 43.9 Å². The van der Waals surface area contributed by atoms with Crippen LogP contribution < -0.4 is 0 Å². The summed E-state index contributed by atoms with van der Waals surface area (Å²) in [5, 5.41) is 7.16. The summed E-state index contributed by atoms with van der Waals surface area (Å²) < 4.78 is 8.70. The summed E-state index contributed by atoms with van der Waals surface area (Å²) >= 11 is 0. The van der Waals surface area contributed by atoms with E-state index in [9.17, 15) is 0 Å². The summed E-state index contributed by atoms with van der Waals surface area (Å²) in [5.74, 6) is 0.651. The molecule has 0 saturated carbocycles. The number of hydrogen-bond acceptors (Lipinski definition) is 3. The predicted molar refractivity (Wildman–Crippen MR) is 196 cm³/mol. The molecular formula is C44H25N3O. The van der Waals surface area contributed by atoms with E-state index in [2.05, 4.69) is 132 Å². The SMILES string of the molecule is c1ccc(-c2cc(-c3ccccc3)nc(-n3c4cccc5c4c4c6c(cccc6ccc43)-c3cc4c(cc3-5)oc3ccccc34)n2)cc1. The molecule has 1 aliphatic rings. The van der Waals surface area contributed by atoms with E-state index in [4.69, 9.17) is 14.4 Å². The van der Waals surface area contributed by atoms with Crippen molar-refractivity contribution < 1.29 is 4.42 Å². The lowest BCUT2D eigenvalue weighted by Gasteiger charge is -2.14. The number of rotatable bonds is 3. The van der Waals surface area contributed by atoms with Crippen molar-refractivity contribution in [3.05, 3.63) is 152 Å². The van der Waals surface area contributed by atoms with E-state index in [0.29, 0.717) is 5.95 Å². The highest BCUT2D eigenvalue weighted by Gasteiger charge is 2.27. The van der Waals surface area contributed by atoms with Crippen LogP contribution in [0.1, 0.15) is 0 Å². The van der Waals surface area contributed by atoms with Crippen LogP contribution in [-0.4, -0.2) is 14.5 Å². The first-order valence-corrected chi connectivity index (χ1v) is 16.3. The molecule has 11 rings (SSSR count). The predicted octanol–water partition coefficient (Wildman–Crippen LogP) is 11.6. The summed E-state index contributed by atoms with van der Waals surface area (Å²) in [7, 11) is 0. The van der Waals surface area contributed by atoms with Crippen LogP contribution in [-0.2, 0) is 0 Å². The van der Waals surface area contributed by atoms with Gasteiger partial charge in [-0.1, -0.05) is 115 Å². The van der Waals surface area contributed by atoms with Gasteiger partial charge in [-0.2, -0.15) is 0 Å². The minimum Gasteiger partial charge on any atom is -0.456 e. The van der Waals surface area contributed by atoms with Crippen molar-refractivity contribution in [2.24, 2.45) is 0 Å². The number of para-hydroxylation sites is 1. The molecule has 0 atom stereocenters. The summed E-state index contributed by atoms with van der Waals surface area (Å²) in [4.78, 5) is 10.5. The molecule has 0 fully saturated rings. The molecule has 0 aliphatic heterocycles. The summed E-state index contributed by atoms with van der Waals surface area (Å²) in [6.07, 6.45) is 0. The van der Waals surface area contributed by atoms with Gasteiger partial charge < -0.3 is 4.42 Å². The monoisotopic (exact) mass is 611 g/mol. The maximum absolute atomic E-state index is 6.44. The van der Waals surface area contributed by atoms with Gasteiger partial charge in [-0.25, -0.2) is 9.97 Å². The van der Waals surface area contributed by atoms with Gasteiger partial charge in [-0.15, -0.1) is 0 Å². The molecule has 0 N–H and O–H groups in total. The van der Waals surface area contributed by atoms with E-state index in [1.165, 1.54) is 43.8 Å². The van der Waals surface area contributed by atoms with Crippen LogP contribution in [0.15, 0.2) is 156 Å². The van der Waals surface area contributed by atoms with Gasteiger partial charge in [0.05, 0.1) is 22.4 Å². The third-order valence-corrected chi connectivity index (χ3v) is 9.95. The third kappa shape index (κ3) is 3.49. The van der Waals surface area contributed by atoms with Crippen LogP contribution in [0.25, 0.3) is 105 Å². The summed E-state index contributed by atoms with van der Waals surface area (Å²) in [6, 6.07) is 53.5. The molecule has 4 heteroatoms. The number of benzene rings is 7. The Hall–Kier alpha value is -6.52. The molecule has 1 aliphatic carbocycles. The zero-order valence-electron chi connectivity index (χ0n) is 25.7. The van der Waals surface area contributed by atoms with E-state index in [-0.39, 0.29) is 0 Å². The normalized spacial score (nSPS) is 12.2. The second kappa shape index (κ2) is 9.50. The average Bonchev–Trinajstić information content (AvgIpc) is 3.66. The van der Waals surface area contributed by atoms with Gasteiger partial charge in [0, 0.05) is 32.7 Å². The lowest BCUT2D eigenvalue weighted by Crippen LogP contribution is -2.04.